The van der Waals surface area contributed by atoms with Gasteiger partial charge in [-0.2, -0.15) is 4.31 Å². The molecule has 0 atom stereocenters. The number of hydrogen-bond donors (Lipinski definition) is 2. The van der Waals surface area contributed by atoms with E-state index in [0.29, 0.717) is 19.0 Å². The van der Waals surface area contributed by atoms with Gasteiger partial charge in [0.25, 0.3) is 10.0 Å². The minimum absolute atomic E-state index is 0.0401. The van der Waals surface area contributed by atoms with Crippen LogP contribution in [0.4, 0.5) is 10.7 Å². The van der Waals surface area contributed by atoms with Crippen LogP contribution in [0.25, 0.3) is 0 Å². The quantitative estimate of drug-likeness (QED) is 0.445. The molecular formula is C11H18N4O4S2. The summed E-state index contributed by atoms with van der Waals surface area (Å²) in [6, 6.07) is 1.07. The van der Waals surface area contributed by atoms with Crippen LogP contribution in [-0.2, 0) is 10.0 Å². The highest BCUT2D eigenvalue weighted by Gasteiger charge is 2.32. The monoisotopic (exact) mass is 334 g/mol. The maximum Gasteiger partial charge on any atom is 0.306 e. The van der Waals surface area contributed by atoms with Gasteiger partial charge in [-0.1, -0.05) is 24.7 Å². The summed E-state index contributed by atoms with van der Waals surface area (Å²) in [6.45, 7) is 2.58. The van der Waals surface area contributed by atoms with Crippen LogP contribution in [0.2, 0.25) is 0 Å². The Hall–Kier alpha value is -1.23. The highest BCUT2D eigenvalue weighted by atomic mass is 32.2. The van der Waals surface area contributed by atoms with Gasteiger partial charge in [0, 0.05) is 19.2 Å². The van der Waals surface area contributed by atoms with Gasteiger partial charge in [-0.15, -0.1) is 0 Å². The fourth-order valence-electron chi connectivity index (χ4n) is 2.21. The molecule has 1 aliphatic carbocycles. The standard InChI is InChI=1S/C11H18N4O4S2/c1-2-14(7-8-4-3-5-8)21(18,19)10-6-9(15(16)17)11(13-12)20-10/h6,8,13H,2-5,7,12H2,1H3. The molecule has 0 bridgehead atoms. The Morgan fingerprint density at radius 2 is 2.24 bits per heavy atom. The second kappa shape index (κ2) is 6.26. The molecule has 1 fully saturated rings. The van der Waals surface area contributed by atoms with Crippen LogP contribution in [0.15, 0.2) is 10.3 Å². The van der Waals surface area contributed by atoms with Crippen molar-refractivity contribution in [2.24, 2.45) is 11.8 Å². The predicted octanol–water partition coefficient (Wildman–Crippen LogP) is 1.75. The summed E-state index contributed by atoms with van der Waals surface area (Å²) in [5.41, 5.74) is 1.86. The summed E-state index contributed by atoms with van der Waals surface area (Å²) in [7, 11) is -3.72. The van der Waals surface area contributed by atoms with Gasteiger partial charge in [-0.25, -0.2) is 14.3 Å². The highest BCUT2D eigenvalue weighted by Crippen LogP contribution is 2.38. The van der Waals surface area contributed by atoms with Crippen LogP contribution in [0, 0.1) is 16.0 Å². The molecule has 3 N–H and O–H groups in total. The molecule has 21 heavy (non-hydrogen) atoms. The number of hydrazine groups is 1. The van der Waals surface area contributed by atoms with E-state index in [9.17, 15) is 18.5 Å². The first-order chi connectivity index (χ1) is 9.90. The largest absolute Gasteiger partial charge is 0.310 e. The number of nitrogens with zero attached hydrogens (tertiary/aromatic N) is 2. The van der Waals surface area contributed by atoms with E-state index in [2.05, 4.69) is 5.43 Å². The van der Waals surface area contributed by atoms with Crippen molar-refractivity contribution in [1.82, 2.24) is 4.31 Å². The Bertz CT molecular complexity index is 624. The number of nitrogen functional groups attached to an aromatic ring is 1. The topological polar surface area (TPSA) is 119 Å². The lowest BCUT2D eigenvalue weighted by atomic mass is 9.85. The molecular weight excluding hydrogens is 316 g/mol. The lowest BCUT2D eigenvalue weighted by molar-refractivity contribution is -0.383. The van der Waals surface area contributed by atoms with Crippen molar-refractivity contribution in [3.05, 3.63) is 16.2 Å². The van der Waals surface area contributed by atoms with Crippen LogP contribution in [0.3, 0.4) is 0 Å². The van der Waals surface area contributed by atoms with Crippen molar-refractivity contribution < 1.29 is 13.3 Å². The van der Waals surface area contributed by atoms with Gasteiger partial charge in [0.15, 0.2) is 5.00 Å². The lowest BCUT2D eigenvalue weighted by Gasteiger charge is -2.30. The number of anilines is 1. The Kier molecular flexibility index (Phi) is 4.81. The summed E-state index contributed by atoms with van der Waals surface area (Å²) in [6.07, 6.45) is 3.20. The molecule has 118 valence electrons. The summed E-state index contributed by atoms with van der Waals surface area (Å²) in [5, 5.41) is 10.9. The van der Waals surface area contributed by atoms with Crippen LogP contribution < -0.4 is 11.3 Å². The van der Waals surface area contributed by atoms with E-state index in [4.69, 9.17) is 5.84 Å². The minimum atomic E-state index is -3.72. The van der Waals surface area contributed by atoms with E-state index < -0.39 is 14.9 Å². The number of nitrogens with one attached hydrogen (secondary N) is 1. The smallest absolute Gasteiger partial charge is 0.306 e. The molecule has 1 aliphatic rings. The van der Waals surface area contributed by atoms with Crippen molar-refractivity contribution >= 4 is 32.0 Å². The molecule has 0 saturated heterocycles. The van der Waals surface area contributed by atoms with Gasteiger partial charge in [-0.3, -0.25) is 10.1 Å². The van der Waals surface area contributed by atoms with E-state index in [1.165, 1.54) is 4.31 Å². The Labute approximate surface area is 127 Å². The summed E-state index contributed by atoms with van der Waals surface area (Å²) in [4.78, 5) is 10.3. The molecule has 0 spiro atoms. The number of thiophene rings is 1. The van der Waals surface area contributed by atoms with Crippen molar-refractivity contribution in [2.75, 3.05) is 18.5 Å². The van der Waals surface area contributed by atoms with Crippen molar-refractivity contribution in [3.63, 3.8) is 0 Å². The van der Waals surface area contributed by atoms with E-state index in [1.54, 1.807) is 6.92 Å². The van der Waals surface area contributed by atoms with Gasteiger partial charge in [0.2, 0.25) is 0 Å². The number of nitrogens with two attached hydrogens (primary N) is 1. The number of sulfonamides is 1. The number of nitro groups is 1. The SMILES string of the molecule is CCN(CC1CCC1)S(=O)(=O)c1cc([N+](=O)[O-])c(NN)s1. The van der Waals surface area contributed by atoms with Crippen molar-refractivity contribution in [3.8, 4) is 0 Å². The molecule has 10 heteroatoms. The summed E-state index contributed by atoms with van der Waals surface area (Å²) < 4.78 is 26.5. The van der Waals surface area contributed by atoms with Crippen LogP contribution >= 0.6 is 11.3 Å². The van der Waals surface area contributed by atoms with Gasteiger partial charge >= 0.3 is 5.69 Å². The van der Waals surface area contributed by atoms with Crippen molar-refractivity contribution in [2.45, 2.75) is 30.4 Å². The van der Waals surface area contributed by atoms with Gasteiger partial charge < -0.3 is 5.43 Å². The third-order valence-corrected chi connectivity index (χ3v) is 7.10. The molecule has 0 unspecified atom stereocenters. The van der Waals surface area contributed by atoms with Gasteiger partial charge in [-0.05, 0) is 18.8 Å². The zero-order valence-electron chi connectivity index (χ0n) is 11.6. The maximum atomic E-state index is 12.6. The second-order valence-corrected chi connectivity index (χ2v) is 8.15. The fourth-order valence-corrected chi connectivity index (χ4v) is 5.13. The number of hydrogen-bond acceptors (Lipinski definition) is 7. The second-order valence-electron chi connectivity index (χ2n) is 4.93. The minimum Gasteiger partial charge on any atom is -0.310 e. The molecule has 0 aromatic carbocycles. The van der Waals surface area contributed by atoms with Crippen LogP contribution in [0.1, 0.15) is 26.2 Å². The first kappa shape index (κ1) is 16.1. The zero-order chi connectivity index (χ0) is 15.6. The zero-order valence-corrected chi connectivity index (χ0v) is 13.2. The van der Waals surface area contributed by atoms with Gasteiger partial charge in [0.1, 0.15) is 4.21 Å². The molecule has 1 heterocycles. The first-order valence-corrected chi connectivity index (χ1v) is 8.90. The van der Waals surface area contributed by atoms with Crippen LogP contribution in [-0.4, -0.2) is 30.7 Å². The number of rotatable bonds is 7. The predicted molar refractivity (Wildman–Crippen MR) is 80.6 cm³/mol. The third-order valence-electron chi connectivity index (χ3n) is 3.65. The fraction of sp³-hybridized carbons (Fsp3) is 0.636. The van der Waals surface area contributed by atoms with E-state index in [1.807, 2.05) is 0 Å². The van der Waals surface area contributed by atoms with E-state index in [0.717, 1.165) is 36.7 Å². The highest BCUT2D eigenvalue weighted by molar-refractivity contribution is 7.91. The molecule has 2 rings (SSSR count). The molecule has 0 amide bonds. The Morgan fingerprint density at radius 3 is 2.62 bits per heavy atom. The maximum absolute atomic E-state index is 12.6. The molecule has 1 saturated carbocycles. The Morgan fingerprint density at radius 1 is 1.57 bits per heavy atom. The van der Waals surface area contributed by atoms with Crippen LogP contribution in [0.5, 0.6) is 0 Å². The summed E-state index contributed by atoms with van der Waals surface area (Å²) in [5.74, 6) is 5.60. The molecule has 1 aromatic rings. The molecule has 8 nitrogen and oxygen atoms in total. The molecule has 0 radical (unpaired) electrons. The van der Waals surface area contributed by atoms with Crippen molar-refractivity contribution in [1.29, 1.82) is 0 Å². The molecule has 0 aliphatic heterocycles. The third kappa shape index (κ3) is 3.18. The first-order valence-electron chi connectivity index (χ1n) is 6.65. The Balaban J connectivity index is 2.30. The molecule has 1 aromatic heterocycles. The summed E-state index contributed by atoms with van der Waals surface area (Å²) >= 11 is 0.784. The average molecular weight is 334 g/mol. The lowest BCUT2D eigenvalue weighted by Crippen LogP contribution is -2.36. The van der Waals surface area contributed by atoms with E-state index >= 15 is 0 Å². The van der Waals surface area contributed by atoms with Gasteiger partial charge in [0.05, 0.1) is 4.92 Å². The normalized spacial score (nSPS) is 16.0. The van der Waals surface area contributed by atoms with E-state index in [-0.39, 0.29) is 14.9 Å². The average Bonchev–Trinajstić information content (AvgIpc) is 2.82.